The Hall–Kier alpha value is -1.61. The molecule has 1 fully saturated rings. The monoisotopic (exact) mass is 269 g/mol. The molecule has 1 saturated carbocycles. The quantitative estimate of drug-likeness (QED) is 0.913. The second kappa shape index (κ2) is 6.23. The number of hydrogen-bond acceptors (Lipinski definition) is 2. The van der Waals surface area contributed by atoms with Gasteiger partial charge in [-0.15, -0.1) is 0 Å². The molecule has 0 aliphatic heterocycles. The molecule has 3 heteroatoms. The minimum Gasteiger partial charge on any atom is -0.307 e. The van der Waals surface area contributed by atoms with Crippen LogP contribution in [0, 0.1) is 0 Å². The van der Waals surface area contributed by atoms with Crippen LogP contribution >= 0.6 is 0 Å². The van der Waals surface area contributed by atoms with Crippen LogP contribution in [0.3, 0.4) is 0 Å². The Labute approximate surface area is 121 Å². The lowest BCUT2D eigenvalue weighted by Crippen LogP contribution is -2.33. The van der Waals surface area contributed by atoms with Crippen LogP contribution in [-0.2, 0) is 0 Å². The van der Waals surface area contributed by atoms with Gasteiger partial charge in [0.2, 0.25) is 0 Å². The van der Waals surface area contributed by atoms with Crippen LogP contribution in [0.4, 0.5) is 0 Å². The van der Waals surface area contributed by atoms with Crippen molar-refractivity contribution < 1.29 is 0 Å². The van der Waals surface area contributed by atoms with Crippen molar-refractivity contribution in [2.75, 3.05) is 0 Å². The molecule has 1 aliphatic carbocycles. The maximum atomic E-state index is 4.08. The first-order chi connectivity index (χ1) is 9.83. The SMILES string of the molecule is CC(NC1CCCCC1)c1ccc(-n2ccnc2)cc1. The molecular weight excluding hydrogens is 246 g/mol. The fourth-order valence-corrected chi connectivity index (χ4v) is 3.07. The standard InChI is InChI=1S/C17H23N3/c1-14(19-16-5-3-2-4-6-16)15-7-9-17(10-8-15)20-12-11-18-13-20/h7-14,16,19H,2-6H2,1H3. The normalized spacial score (nSPS) is 18.1. The number of nitrogens with one attached hydrogen (secondary N) is 1. The predicted octanol–water partition coefficient (Wildman–Crippen LogP) is 3.86. The zero-order chi connectivity index (χ0) is 13.8. The van der Waals surface area contributed by atoms with Crippen molar-refractivity contribution >= 4 is 0 Å². The van der Waals surface area contributed by atoms with E-state index in [1.807, 2.05) is 17.1 Å². The second-order valence-electron chi connectivity index (χ2n) is 5.78. The van der Waals surface area contributed by atoms with E-state index in [2.05, 4.69) is 41.5 Å². The fraction of sp³-hybridized carbons (Fsp3) is 0.471. The van der Waals surface area contributed by atoms with Crippen LogP contribution in [-0.4, -0.2) is 15.6 Å². The molecule has 2 aromatic rings. The molecule has 1 atom stereocenters. The minimum atomic E-state index is 0.426. The van der Waals surface area contributed by atoms with E-state index in [-0.39, 0.29) is 0 Å². The van der Waals surface area contributed by atoms with E-state index in [1.54, 1.807) is 6.20 Å². The van der Waals surface area contributed by atoms with Gasteiger partial charge in [-0.3, -0.25) is 0 Å². The van der Waals surface area contributed by atoms with Crippen LogP contribution in [0.25, 0.3) is 5.69 Å². The maximum Gasteiger partial charge on any atom is 0.0991 e. The van der Waals surface area contributed by atoms with Gasteiger partial charge in [0.25, 0.3) is 0 Å². The molecule has 20 heavy (non-hydrogen) atoms. The number of imidazole rings is 1. The van der Waals surface area contributed by atoms with Gasteiger partial charge in [-0.1, -0.05) is 31.4 Å². The molecule has 0 saturated heterocycles. The lowest BCUT2D eigenvalue weighted by atomic mass is 9.94. The van der Waals surface area contributed by atoms with Crippen molar-refractivity contribution in [2.24, 2.45) is 0 Å². The first-order valence-corrected chi connectivity index (χ1v) is 7.67. The van der Waals surface area contributed by atoms with Crippen molar-refractivity contribution in [3.05, 3.63) is 48.5 Å². The largest absolute Gasteiger partial charge is 0.307 e. The average molecular weight is 269 g/mol. The van der Waals surface area contributed by atoms with E-state index in [4.69, 9.17) is 0 Å². The lowest BCUT2D eigenvalue weighted by molar-refractivity contribution is 0.347. The summed E-state index contributed by atoms with van der Waals surface area (Å²) in [6.07, 6.45) is 12.4. The third-order valence-corrected chi connectivity index (χ3v) is 4.29. The topological polar surface area (TPSA) is 29.9 Å². The van der Waals surface area contributed by atoms with Crippen molar-refractivity contribution in [1.29, 1.82) is 0 Å². The van der Waals surface area contributed by atoms with Crippen LogP contribution in [0.5, 0.6) is 0 Å². The van der Waals surface area contributed by atoms with E-state index >= 15 is 0 Å². The van der Waals surface area contributed by atoms with Gasteiger partial charge in [0, 0.05) is 30.2 Å². The summed E-state index contributed by atoms with van der Waals surface area (Å²) in [5, 5.41) is 3.77. The molecule has 106 valence electrons. The Morgan fingerprint density at radius 1 is 1.15 bits per heavy atom. The Bertz CT molecular complexity index is 510. The Kier molecular flexibility index (Phi) is 4.16. The van der Waals surface area contributed by atoms with Gasteiger partial charge in [-0.2, -0.15) is 0 Å². The second-order valence-corrected chi connectivity index (χ2v) is 5.78. The number of rotatable bonds is 4. The van der Waals surface area contributed by atoms with Crippen molar-refractivity contribution in [1.82, 2.24) is 14.9 Å². The Morgan fingerprint density at radius 2 is 1.90 bits per heavy atom. The van der Waals surface area contributed by atoms with Gasteiger partial charge in [0.1, 0.15) is 0 Å². The van der Waals surface area contributed by atoms with Crippen molar-refractivity contribution in [2.45, 2.75) is 51.1 Å². The zero-order valence-electron chi connectivity index (χ0n) is 12.1. The van der Waals surface area contributed by atoms with E-state index in [0.717, 1.165) is 5.69 Å². The van der Waals surface area contributed by atoms with Gasteiger partial charge < -0.3 is 9.88 Å². The number of nitrogens with zero attached hydrogens (tertiary/aromatic N) is 2. The first-order valence-electron chi connectivity index (χ1n) is 7.67. The van der Waals surface area contributed by atoms with Gasteiger partial charge >= 0.3 is 0 Å². The van der Waals surface area contributed by atoms with Gasteiger partial charge in [-0.05, 0) is 37.5 Å². The highest BCUT2D eigenvalue weighted by Crippen LogP contribution is 2.22. The highest BCUT2D eigenvalue weighted by Gasteiger charge is 2.16. The summed E-state index contributed by atoms with van der Waals surface area (Å²) in [4.78, 5) is 4.08. The molecule has 1 heterocycles. The molecule has 0 spiro atoms. The molecule has 0 bridgehead atoms. The van der Waals surface area contributed by atoms with Crippen molar-refractivity contribution in [3.63, 3.8) is 0 Å². The Morgan fingerprint density at radius 3 is 2.55 bits per heavy atom. The highest BCUT2D eigenvalue weighted by atomic mass is 15.0. The number of hydrogen-bond donors (Lipinski definition) is 1. The van der Waals surface area contributed by atoms with Gasteiger partial charge in [-0.25, -0.2) is 4.98 Å². The van der Waals surface area contributed by atoms with Crippen LogP contribution in [0.2, 0.25) is 0 Å². The molecule has 1 aromatic heterocycles. The van der Waals surface area contributed by atoms with E-state index in [1.165, 1.54) is 37.7 Å². The lowest BCUT2D eigenvalue weighted by Gasteiger charge is -2.27. The van der Waals surface area contributed by atoms with Gasteiger partial charge in [0.15, 0.2) is 0 Å². The number of benzene rings is 1. The molecule has 1 aromatic carbocycles. The van der Waals surface area contributed by atoms with E-state index in [0.29, 0.717) is 12.1 Å². The molecule has 3 rings (SSSR count). The first kappa shape index (κ1) is 13.4. The summed E-state index contributed by atoms with van der Waals surface area (Å²) in [6.45, 7) is 2.26. The van der Waals surface area contributed by atoms with Gasteiger partial charge in [0.05, 0.1) is 6.33 Å². The molecule has 1 unspecified atom stereocenters. The molecule has 0 radical (unpaired) electrons. The maximum absolute atomic E-state index is 4.08. The summed E-state index contributed by atoms with van der Waals surface area (Å²) < 4.78 is 2.03. The number of aromatic nitrogens is 2. The van der Waals surface area contributed by atoms with Crippen LogP contribution in [0.1, 0.15) is 50.6 Å². The minimum absolute atomic E-state index is 0.426. The fourth-order valence-electron chi connectivity index (χ4n) is 3.07. The summed E-state index contributed by atoms with van der Waals surface area (Å²) in [7, 11) is 0. The van der Waals surface area contributed by atoms with Crippen molar-refractivity contribution in [3.8, 4) is 5.69 Å². The third-order valence-electron chi connectivity index (χ3n) is 4.29. The molecule has 3 nitrogen and oxygen atoms in total. The smallest absolute Gasteiger partial charge is 0.0991 e. The third kappa shape index (κ3) is 3.10. The summed E-state index contributed by atoms with van der Waals surface area (Å²) in [5.41, 5.74) is 2.52. The molecular formula is C17H23N3. The molecule has 0 amide bonds. The van der Waals surface area contributed by atoms with E-state index < -0.39 is 0 Å². The Balaban J connectivity index is 1.64. The molecule has 1 aliphatic rings. The average Bonchev–Trinajstić information content (AvgIpc) is 3.03. The summed E-state index contributed by atoms with van der Waals surface area (Å²) >= 11 is 0. The summed E-state index contributed by atoms with van der Waals surface area (Å²) in [5.74, 6) is 0. The van der Waals surface area contributed by atoms with Crippen LogP contribution in [0.15, 0.2) is 43.0 Å². The zero-order valence-corrected chi connectivity index (χ0v) is 12.1. The van der Waals surface area contributed by atoms with Crippen LogP contribution < -0.4 is 5.32 Å². The highest BCUT2D eigenvalue weighted by molar-refractivity contribution is 5.35. The predicted molar refractivity (Wildman–Crippen MR) is 82.0 cm³/mol. The molecule has 1 N–H and O–H groups in total. The van der Waals surface area contributed by atoms with E-state index in [9.17, 15) is 0 Å². The summed E-state index contributed by atoms with van der Waals surface area (Å²) in [6, 6.07) is 9.89.